The van der Waals surface area contributed by atoms with Gasteiger partial charge in [-0.15, -0.1) is 23.7 Å². The highest BCUT2D eigenvalue weighted by atomic mass is 35.5. The van der Waals surface area contributed by atoms with E-state index < -0.39 is 10.0 Å². The van der Waals surface area contributed by atoms with Crippen molar-refractivity contribution in [1.82, 2.24) is 14.6 Å². The van der Waals surface area contributed by atoms with E-state index in [0.717, 1.165) is 17.8 Å². The van der Waals surface area contributed by atoms with Crippen molar-refractivity contribution >= 4 is 33.8 Å². The van der Waals surface area contributed by atoms with Gasteiger partial charge in [0, 0.05) is 19.1 Å². The summed E-state index contributed by atoms with van der Waals surface area (Å²) in [5.74, 6) is 0. The number of rotatable bonds is 3. The molecule has 1 atom stereocenters. The molecule has 2 heterocycles. The lowest BCUT2D eigenvalue weighted by Gasteiger charge is -2.31. The summed E-state index contributed by atoms with van der Waals surface area (Å²) in [6.07, 6.45) is 1.94. The Morgan fingerprint density at radius 3 is 2.63 bits per heavy atom. The molecule has 0 aromatic carbocycles. The lowest BCUT2D eigenvalue weighted by molar-refractivity contribution is 0.293. The Bertz CT molecular complexity index is 530. The van der Waals surface area contributed by atoms with Crippen molar-refractivity contribution in [3.05, 3.63) is 10.7 Å². The Labute approximate surface area is 124 Å². The van der Waals surface area contributed by atoms with E-state index in [1.165, 1.54) is 11.3 Å². The van der Waals surface area contributed by atoms with Crippen LogP contribution in [0, 0.1) is 13.8 Å². The molecule has 0 saturated carbocycles. The van der Waals surface area contributed by atoms with Crippen molar-refractivity contribution in [2.24, 2.45) is 0 Å². The van der Waals surface area contributed by atoms with Crippen molar-refractivity contribution in [1.29, 1.82) is 0 Å². The van der Waals surface area contributed by atoms with Crippen LogP contribution in [-0.4, -0.2) is 43.9 Å². The van der Waals surface area contributed by atoms with Crippen LogP contribution in [0.5, 0.6) is 0 Å². The number of aromatic nitrogens is 1. The van der Waals surface area contributed by atoms with E-state index in [9.17, 15) is 8.42 Å². The molecule has 1 N–H and O–H groups in total. The summed E-state index contributed by atoms with van der Waals surface area (Å²) in [5, 5.41) is 3.96. The lowest BCUT2D eigenvalue weighted by atomic mass is 10.1. The number of hydrogen-bond acceptors (Lipinski definition) is 5. The molecule has 1 unspecified atom stereocenters. The standard InChI is InChI=1S/C11H19N3O2S2.ClH/c1-8-11(17-9(2)13-8)18(15,16)14-6-4-5-10(7-14)12-3;/h10,12H,4-7H2,1-3H3;1H. The van der Waals surface area contributed by atoms with Crippen LogP contribution in [0.4, 0.5) is 0 Å². The van der Waals surface area contributed by atoms with E-state index in [1.807, 2.05) is 14.0 Å². The molecule has 110 valence electrons. The van der Waals surface area contributed by atoms with Crippen LogP contribution in [0.15, 0.2) is 4.21 Å². The van der Waals surface area contributed by atoms with Crippen LogP contribution in [-0.2, 0) is 10.0 Å². The van der Waals surface area contributed by atoms with E-state index in [0.29, 0.717) is 23.0 Å². The van der Waals surface area contributed by atoms with Gasteiger partial charge in [0.15, 0.2) is 4.21 Å². The second-order valence-corrected chi connectivity index (χ2v) is 7.93. The van der Waals surface area contributed by atoms with Gasteiger partial charge in [-0.2, -0.15) is 4.31 Å². The highest BCUT2D eigenvalue weighted by Crippen LogP contribution is 2.28. The first-order valence-electron chi connectivity index (χ1n) is 6.06. The lowest BCUT2D eigenvalue weighted by Crippen LogP contribution is -2.46. The highest BCUT2D eigenvalue weighted by molar-refractivity contribution is 7.91. The van der Waals surface area contributed by atoms with Crippen LogP contribution in [0.25, 0.3) is 0 Å². The topological polar surface area (TPSA) is 62.3 Å². The Kier molecular flexibility index (Phi) is 5.76. The third kappa shape index (κ3) is 3.46. The third-order valence-corrected chi connectivity index (χ3v) is 6.75. The van der Waals surface area contributed by atoms with E-state index in [2.05, 4.69) is 10.3 Å². The average molecular weight is 326 g/mol. The molecule has 0 aliphatic carbocycles. The summed E-state index contributed by atoms with van der Waals surface area (Å²) in [7, 11) is -1.49. The van der Waals surface area contributed by atoms with Gasteiger partial charge in [0.1, 0.15) is 0 Å². The second-order valence-electron chi connectivity index (χ2n) is 4.60. The molecule has 19 heavy (non-hydrogen) atoms. The number of sulfonamides is 1. The van der Waals surface area contributed by atoms with Gasteiger partial charge in [0.05, 0.1) is 10.7 Å². The van der Waals surface area contributed by atoms with E-state index in [4.69, 9.17) is 0 Å². The Balaban J connectivity index is 0.00000180. The molecule has 1 aliphatic heterocycles. The first-order chi connectivity index (χ1) is 8.45. The van der Waals surface area contributed by atoms with Gasteiger partial charge < -0.3 is 5.32 Å². The van der Waals surface area contributed by atoms with Crippen molar-refractivity contribution in [3.63, 3.8) is 0 Å². The number of piperidine rings is 1. The molecular formula is C11H20ClN3O2S2. The maximum Gasteiger partial charge on any atom is 0.254 e. The highest BCUT2D eigenvalue weighted by Gasteiger charge is 2.32. The first kappa shape index (κ1) is 16.8. The van der Waals surface area contributed by atoms with Crippen molar-refractivity contribution in [2.45, 2.75) is 36.9 Å². The van der Waals surface area contributed by atoms with E-state index in [-0.39, 0.29) is 18.4 Å². The molecule has 1 aliphatic rings. The van der Waals surface area contributed by atoms with Crippen LogP contribution < -0.4 is 5.32 Å². The molecule has 5 nitrogen and oxygen atoms in total. The molecule has 2 rings (SSSR count). The fraction of sp³-hybridized carbons (Fsp3) is 0.727. The quantitative estimate of drug-likeness (QED) is 0.916. The number of likely N-dealkylation sites (N-methyl/N-ethyl adjacent to an activating group) is 1. The fourth-order valence-electron chi connectivity index (χ4n) is 2.27. The zero-order valence-corrected chi connectivity index (χ0v) is 13.8. The van der Waals surface area contributed by atoms with Gasteiger partial charge in [0.25, 0.3) is 10.0 Å². The zero-order valence-electron chi connectivity index (χ0n) is 11.3. The minimum atomic E-state index is -3.37. The maximum atomic E-state index is 12.6. The summed E-state index contributed by atoms with van der Waals surface area (Å²) >= 11 is 1.26. The number of nitrogens with zero attached hydrogens (tertiary/aromatic N) is 2. The Morgan fingerprint density at radius 1 is 1.42 bits per heavy atom. The van der Waals surface area contributed by atoms with Gasteiger partial charge >= 0.3 is 0 Å². The predicted molar refractivity (Wildman–Crippen MR) is 79.7 cm³/mol. The monoisotopic (exact) mass is 325 g/mol. The molecule has 0 radical (unpaired) electrons. The number of thiazole rings is 1. The molecule has 0 spiro atoms. The molecule has 1 aromatic heterocycles. The summed E-state index contributed by atoms with van der Waals surface area (Å²) < 4.78 is 27.1. The molecule has 0 amide bonds. The summed E-state index contributed by atoms with van der Waals surface area (Å²) in [5.41, 5.74) is 0.615. The normalized spacial score (nSPS) is 21.1. The molecule has 0 bridgehead atoms. The number of hydrogen-bond donors (Lipinski definition) is 1. The van der Waals surface area contributed by atoms with Crippen molar-refractivity contribution in [2.75, 3.05) is 20.1 Å². The van der Waals surface area contributed by atoms with E-state index in [1.54, 1.807) is 11.2 Å². The summed E-state index contributed by atoms with van der Waals surface area (Å²) in [4.78, 5) is 4.21. The SMILES string of the molecule is CNC1CCCN(S(=O)(=O)c2sc(C)nc2C)C1.Cl. The minimum absolute atomic E-state index is 0. The molecule has 1 aromatic rings. The van der Waals surface area contributed by atoms with Gasteiger partial charge in [0.2, 0.25) is 0 Å². The second kappa shape index (κ2) is 6.49. The Morgan fingerprint density at radius 2 is 2.11 bits per heavy atom. The molecule has 1 fully saturated rings. The third-order valence-electron chi connectivity index (χ3n) is 3.23. The fourth-order valence-corrected chi connectivity index (χ4v) is 5.41. The van der Waals surface area contributed by atoms with Crippen LogP contribution in [0.2, 0.25) is 0 Å². The van der Waals surface area contributed by atoms with Crippen LogP contribution in [0.1, 0.15) is 23.5 Å². The van der Waals surface area contributed by atoms with Crippen LogP contribution >= 0.6 is 23.7 Å². The summed E-state index contributed by atoms with van der Waals surface area (Å²) in [6, 6.07) is 0.253. The largest absolute Gasteiger partial charge is 0.316 e. The summed E-state index contributed by atoms with van der Waals surface area (Å²) in [6.45, 7) is 4.76. The smallest absolute Gasteiger partial charge is 0.254 e. The van der Waals surface area contributed by atoms with Gasteiger partial charge in [-0.25, -0.2) is 13.4 Å². The molecule has 1 saturated heterocycles. The number of nitrogens with one attached hydrogen (secondary N) is 1. The number of halogens is 1. The molecular weight excluding hydrogens is 306 g/mol. The van der Waals surface area contributed by atoms with Gasteiger partial charge in [-0.3, -0.25) is 0 Å². The van der Waals surface area contributed by atoms with E-state index >= 15 is 0 Å². The molecule has 8 heteroatoms. The zero-order chi connectivity index (χ0) is 13.3. The average Bonchev–Trinajstić information content (AvgIpc) is 2.69. The number of aryl methyl sites for hydroxylation is 2. The Hall–Kier alpha value is -0.210. The van der Waals surface area contributed by atoms with Crippen LogP contribution in [0.3, 0.4) is 0 Å². The van der Waals surface area contributed by atoms with Gasteiger partial charge in [-0.05, 0) is 33.7 Å². The van der Waals surface area contributed by atoms with Crippen molar-refractivity contribution in [3.8, 4) is 0 Å². The minimum Gasteiger partial charge on any atom is -0.316 e. The first-order valence-corrected chi connectivity index (χ1v) is 8.32. The van der Waals surface area contributed by atoms with Gasteiger partial charge in [-0.1, -0.05) is 0 Å². The maximum absolute atomic E-state index is 12.6. The van der Waals surface area contributed by atoms with Crippen molar-refractivity contribution < 1.29 is 8.42 Å². The predicted octanol–water partition coefficient (Wildman–Crippen LogP) is 1.55.